The Morgan fingerprint density at radius 2 is 1.29 bits per heavy atom. The van der Waals surface area contributed by atoms with Crippen LogP contribution in [0.15, 0.2) is 95.5 Å². The first kappa shape index (κ1) is 16.3. The van der Waals surface area contributed by atoms with Crippen LogP contribution in [0, 0.1) is 0 Å². The predicted octanol–water partition coefficient (Wildman–Crippen LogP) is 8.79. The molecular weight excluding hydrogens is 424 g/mol. The zero-order chi connectivity index (χ0) is 18.7. The molecule has 0 aliphatic rings. The molecule has 0 saturated heterocycles. The van der Waals surface area contributed by atoms with Gasteiger partial charge in [0.05, 0.1) is 0 Å². The molecule has 28 heavy (non-hydrogen) atoms. The van der Waals surface area contributed by atoms with E-state index in [0.29, 0.717) is 0 Å². The van der Waals surface area contributed by atoms with Gasteiger partial charge in [-0.15, -0.1) is 11.3 Å². The fourth-order valence-electron chi connectivity index (χ4n) is 4.15. The van der Waals surface area contributed by atoms with Crippen LogP contribution in [-0.2, 0) is 0 Å². The van der Waals surface area contributed by atoms with Gasteiger partial charge in [0.15, 0.2) is 0 Å². The van der Waals surface area contributed by atoms with Crippen LogP contribution >= 0.6 is 27.3 Å². The van der Waals surface area contributed by atoms with Crippen LogP contribution in [0.2, 0.25) is 0 Å². The van der Waals surface area contributed by atoms with Crippen molar-refractivity contribution in [1.29, 1.82) is 0 Å². The van der Waals surface area contributed by atoms with E-state index in [1.54, 1.807) is 0 Å². The second kappa shape index (κ2) is 6.16. The topological polar surface area (TPSA) is 0 Å². The van der Waals surface area contributed by atoms with Gasteiger partial charge in [0, 0.05) is 24.6 Å². The second-order valence-electron chi connectivity index (χ2n) is 7.15. The Bertz CT molecular complexity index is 1520. The smallest absolute Gasteiger partial charge is 0.0361 e. The van der Waals surface area contributed by atoms with E-state index in [9.17, 15) is 0 Å². The van der Waals surface area contributed by atoms with Crippen LogP contribution < -0.4 is 0 Å². The molecule has 0 fully saturated rings. The van der Waals surface area contributed by atoms with Crippen molar-refractivity contribution in [1.82, 2.24) is 0 Å². The third kappa shape index (κ3) is 2.42. The average molecular weight is 439 g/mol. The highest BCUT2D eigenvalue weighted by Crippen LogP contribution is 2.40. The van der Waals surface area contributed by atoms with Gasteiger partial charge in [-0.25, -0.2) is 0 Å². The van der Waals surface area contributed by atoms with Crippen molar-refractivity contribution in [2.75, 3.05) is 0 Å². The summed E-state index contributed by atoms with van der Waals surface area (Å²) in [7, 11) is 0. The maximum absolute atomic E-state index is 3.69. The summed E-state index contributed by atoms with van der Waals surface area (Å²) in [6.45, 7) is 0. The van der Waals surface area contributed by atoms with Crippen LogP contribution in [0.5, 0.6) is 0 Å². The lowest BCUT2D eigenvalue weighted by Crippen LogP contribution is -1.82. The molecule has 2 heteroatoms. The molecule has 0 saturated carbocycles. The van der Waals surface area contributed by atoms with Crippen LogP contribution in [-0.4, -0.2) is 0 Å². The van der Waals surface area contributed by atoms with E-state index in [1.807, 2.05) is 11.3 Å². The fraction of sp³-hybridized carbons (Fsp3) is 0. The van der Waals surface area contributed by atoms with E-state index in [2.05, 4.69) is 107 Å². The van der Waals surface area contributed by atoms with Crippen molar-refractivity contribution in [3.63, 3.8) is 0 Å². The van der Waals surface area contributed by atoms with Crippen molar-refractivity contribution in [3.05, 3.63) is 95.5 Å². The van der Waals surface area contributed by atoms with Gasteiger partial charge < -0.3 is 0 Å². The van der Waals surface area contributed by atoms with Crippen molar-refractivity contribution in [3.8, 4) is 11.1 Å². The molecule has 1 heterocycles. The molecule has 0 bridgehead atoms. The van der Waals surface area contributed by atoms with Gasteiger partial charge in [0.25, 0.3) is 0 Å². The van der Waals surface area contributed by atoms with Gasteiger partial charge in [0.1, 0.15) is 0 Å². The zero-order valence-corrected chi connectivity index (χ0v) is 17.3. The molecule has 5 aromatic carbocycles. The number of halogens is 1. The Hall–Kier alpha value is -2.68. The summed E-state index contributed by atoms with van der Waals surface area (Å²) in [5.74, 6) is 0. The SMILES string of the molecule is Brc1cccc2c(-c3ccc4sc5cc6ccccc6cc5c4c3)cccc12. The summed E-state index contributed by atoms with van der Waals surface area (Å²) in [4.78, 5) is 0. The molecule has 1 aromatic heterocycles. The monoisotopic (exact) mass is 438 g/mol. The molecule has 0 radical (unpaired) electrons. The molecule has 0 atom stereocenters. The van der Waals surface area contributed by atoms with Gasteiger partial charge in [-0.05, 0) is 63.0 Å². The van der Waals surface area contributed by atoms with Gasteiger partial charge in [-0.1, -0.05) is 76.6 Å². The van der Waals surface area contributed by atoms with Crippen molar-refractivity contribution in [2.45, 2.75) is 0 Å². The minimum Gasteiger partial charge on any atom is -0.135 e. The van der Waals surface area contributed by atoms with E-state index in [0.717, 1.165) is 4.47 Å². The van der Waals surface area contributed by atoms with Crippen LogP contribution in [0.1, 0.15) is 0 Å². The van der Waals surface area contributed by atoms with Gasteiger partial charge in [0.2, 0.25) is 0 Å². The Morgan fingerprint density at radius 3 is 2.18 bits per heavy atom. The van der Waals surface area contributed by atoms with Crippen LogP contribution in [0.3, 0.4) is 0 Å². The summed E-state index contributed by atoms with van der Waals surface area (Å²) in [6.07, 6.45) is 0. The van der Waals surface area contributed by atoms with E-state index in [1.165, 1.54) is 52.8 Å². The maximum atomic E-state index is 3.69. The number of benzene rings is 5. The first-order valence-electron chi connectivity index (χ1n) is 9.31. The lowest BCUT2D eigenvalue weighted by Gasteiger charge is -2.08. The minimum atomic E-state index is 1.14. The van der Waals surface area contributed by atoms with Gasteiger partial charge in [-0.2, -0.15) is 0 Å². The first-order chi connectivity index (χ1) is 13.8. The van der Waals surface area contributed by atoms with E-state index >= 15 is 0 Å². The highest BCUT2D eigenvalue weighted by Gasteiger charge is 2.10. The standard InChI is InChI=1S/C26H15BrS/c27-24-10-4-8-20-19(7-3-9-21(20)24)18-11-12-25-22(14-18)23-13-16-5-1-2-6-17(16)15-26(23)28-25/h1-15H. The van der Waals surface area contributed by atoms with Crippen molar-refractivity contribution in [2.24, 2.45) is 0 Å². The average Bonchev–Trinajstić information content (AvgIpc) is 3.08. The van der Waals surface area contributed by atoms with Gasteiger partial charge in [-0.3, -0.25) is 0 Å². The summed E-state index contributed by atoms with van der Waals surface area (Å²) >= 11 is 5.57. The number of hydrogen-bond acceptors (Lipinski definition) is 1. The predicted molar refractivity (Wildman–Crippen MR) is 127 cm³/mol. The zero-order valence-electron chi connectivity index (χ0n) is 14.9. The fourth-order valence-corrected chi connectivity index (χ4v) is 5.77. The molecule has 0 unspecified atom stereocenters. The molecule has 6 aromatic rings. The largest absolute Gasteiger partial charge is 0.135 e. The summed E-state index contributed by atoms with van der Waals surface area (Å²) in [5, 5.41) is 7.83. The minimum absolute atomic E-state index is 1.14. The Balaban J connectivity index is 1.66. The second-order valence-corrected chi connectivity index (χ2v) is 9.09. The lowest BCUT2D eigenvalue weighted by atomic mass is 9.97. The molecule has 0 nitrogen and oxygen atoms in total. The summed E-state index contributed by atoms with van der Waals surface area (Å²) in [5.41, 5.74) is 2.55. The van der Waals surface area contributed by atoms with Crippen LogP contribution in [0.25, 0.3) is 52.8 Å². The summed E-state index contributed by atoms with van der Waals surface area (Å²) in [6, 6.07) is 33.1. The molecule has 0 aliphatic heterocycles. The van der Waals surface area contributed by atoms with E-state index in [-0.39, 0.29) is 0 Å². The highest BCUT2D eigenvalue weighted by molar-refractivity contribution is 9.10. The summed E-state index contributed by atoms with van der Waals surface area (Å²) < 4.78 is 3.84. The molecule has 0 spiro atoms. The first-order valence-corrected chi connectivity index (χ1v) is 10.9. The van der Waals surface area contributed by atoms with E-state index < -0.39 is 0 Å². The molecular formula is C26H15BrS. The number of fused-ring (bicyclic) bond motifs is 5. The Labute approximate surface area is 175 Å². The molecule has 0 aliphatic carbocycles. The third-order valence-corrected chi connectivity index (χ3v) is 7.34. The molecule has 132 valence electrons. The van der Waals surface area contributed by atoms with Crippen molar-refractivity contribution < 1.29 is 0 Å². The van der Waals surface area contributed by atoms with E-state index in [4.69, 9.17) is 0 Å². The Morgan fingerprint density at radius 1 is 0.536 bits per heavy atom. The highest BCUT2D eigenvalue weighted by atomic mass is 79.9. The normalized spacial score (nSPS) is 11.8. The van der Waals surface area contributed by atoms with Crippen molar-refractivity contribution >= 4 is 69.0 Å². The van der Waals surface area contributed by atoms with Gasteiger partial charge >= 0.3 is 0 Å². The maximum Gasteiger partial charge on any atom is 0.0361 e. The molecule has 0 amide bonds. The number of rotatable bonds is 1. The quantitative estimate of drug-likeness (QED) is 0.240. The molecule has 6 rings (SSSR count). The molecule has 0 N–H and O–H groups in total. The lowest BCUT2D eigenvalue weighted by molar-refractivity contribution is 1.68. The Kier molecular flexibility index (Phi) is 3.59. The number of thiophene rings is 1. The number of hydrogen-bond donors (Lipinski definition) is 0. The van der Waals surface area contributed by atoms with Crippen LogP contribution in [0.4, 0.5) is 0 Å². The third-order valence-electron chi connectivity index (χ3n) is 5.52.